The van der Waals surface area contributed by atoms with Crippen molar-refractivity contribution in [3.05, 3.63) is 15.6 Å². The SMILES string of the molecule is CC1CCc2nc(CN(C)CC(C)(CO)CO)sc2C1. The minimum atomic E-state index is -0.444. The van der Waals surface area contributed by atoms with E-state index in [9.17, 15) is 10.2 Å². The minimum Gasteiger partial charge on any atom is -0.396 e. The first-order valence-electron chi connectivity index (χ1n) is 7.33. The molecule has 0 saturated carbocycles. The highest BCUT2D eigenvalue weighted by molar-refractivity contribution is 7.11. The maximum Gasteiger partial charge on any atom is 0.107 e. The van der Waals surface area contributed by atoms with Gasteiger partial charge in [0.25, 0.3) is 0 Å². The standard InChI is InChI=1S/C15H26N2O2S/c1-11-4-5-12-13(6-11)20-14(16-12)7-17(3)8-15(2,9-18)10-19/h11,18-19H,4-10H2,1-3H3. The predicted octanol–water partition coefficient (Wildman–Crippen LogP) is 1.69. The van der Waals surface area contributed by atoms with Crippen molar-refractivity contribution in [3.8, 4) is 0 Å². The fraction of sp³-hybridized carbons (Fsp3) is 0.800. The first kappa shape index (κ1) is 15.9. The third-order valence-corrected chi connectivity index (χ3v) is 5.16. The van der Waals surface area contributed by atoms with E-state index >= 15 is 0 Å². The number of hydrogen-bond donors (Lipinski definition) is 2. The molecule has 0 aromatic carbocycles. The summed E-state index contributed by atoms with van der Waals surface area (Å²) in [6.07, 6.45) is 3.53. The van der Waals surface area contributed by atoms with E-state index < -0.39 is 5.41 Å². The van der Waals surface area contributed by atoms with Crippen molar-refractivity contribution in [2.45, 2.75) is 39.7 Å². The van der Waals surface area contributed by atoms with Gasteiger partial charge in [-0.2, -0.15) is 0 Å². The van der Waals surface area contributed by atoms with E-state index in [1.807, 2.05) is 25.3 Å². The van der Waals surface area contributed by atoms with Crippen molar-refractivity contribution < 1.29 is 10.2 Å². The zero-order valence-electron chi connectivity index (χ0n) is 12.7. The molecule has 0 spiro atoms. The summed E-state index contributed by atoms with van der Waals surface area (Å²) in [6.45, 7) is 5.67. The summed E-state index contributed by atoms with van der Waals surface area (Å²) < 4.78 is 0. The van der Waals surface area contributed by atoms with Gasteiger partial charge < -0.3 is 10.2 Å². The van der Waals surface area contributed by atoms with Gasteiger partial charge in [0.2, 0.25) is 0 Å². The smallest absolute Gasteiger partial charge is 0.107 e. The molecule has 0 bridgehead atoms. The fourth-order valence-electron chi connectivity index (χ4n) is 2.75. The molecule has 5 heteroatoms. The maximum atomic E-state index is 9.36. The Balaban J connectivity index is 1.97. The lowest BCUT2D eigenvalue weighted by molar-refractivity contribution is 0.0402. The molecular formula is C15H26N2O2S. The zero-order chi connectivity index (χ0) is 14.8. The number of rotatable bonds is 6. The highest BCUT2D eigenvalue weighted by atomic mass is 32.1. The molecule has 1 unspecified atom stereocenters. The molecule has 0 saturated heterocycles. The highest BCUT2D eigenvalue weighted by Gasteiger charge is 2.25. The average molecular weight is 298 g/mol. The van der Waals surface area contributed by atoms with Crippen LogP contribution in [0, 0.1) is 11.3 Å². The number of fused-ring (bicyclic) bond motifs is 1. The molecule has 1 aromatic heterocycles. The molecule has 1 aromatic rings. The molecule has 0 fully saturated rings. The molecule has 0 aliphatic heterocycles. The second-order valence-corrected chi connectivity index (χ2v) is 7.79. The van der Waals surface area contributed by atoms with Gasteiger partial charge in [-0.1, -0.05) is 13.8 Å². The first-order chi connectivity index (χ1) is 9.45. The van der Waals surface area contributed by atoms with Crippen molar-refractivity contribution in [3.63, 3.8) is 0 Å². The van der Waals surface area contributed by atoms with Crippen LogP contribution in [0.1, 0.15) is 35.8 Å². The van der Waals surface area contributed by atoms with Crippen molar-refractivity contribution in [2.24, 2.45) is 11.3 Å². The topological polar surface area (TPSA) is 56.6 Å². The van der Waals surface area contributed by atoms with Crippen LogP contribution in [0.25, 0.3) is 0 Å². The Morgan fingerprint density at radius 1 is 1.40 bits per heavy atom. The number of aliphatic hydroxyl groups is 2. The number of nitrogens with zero attached hydrogens (tertiary/aromatic N) is 2. The van der Waals surface area contributed by atoms with Crippen molar-refractivity contribution >= 4 is 11.3 Å². The van der Waals surface area contributed by atoms with Gasteiger partial charge in [0, 0.05) is 16.8 Å². The molecule has 0 amide bonds. The lowest BCUT2D eigenvalue weighted by Gasteiger charge is -2.29. The molecule has 20 heavy (non-hydrogen) atoms. The number of aryl methyl sites for hydroxylation is 1. The fourth-order valence-corrected chi connectivity index (χ4v) is 4.11. The van der Waals surface area contributed by atoms with Gasteiger partial charge in [0.15, 0.2) is 0 Å². The molecule has 114 valence electrons. The molecular weight excluding hydrogens is 272 g/mol. The monoisotopic (exact) mass is 298 g/mol. The van der Waals surface area contributed by atoms with Crippen LogP contribution in [0.2, 0.25) is 0 Å². The molecule has 1 aliphatic rings. The van der Waals surface area contributed by atoms with Gasteiger partial charge >= 0.3 is 0 Å². The van der Waals surface area contributed by atoms with E-state index in [4.69, 9.17) is 4.98 Å². The zero-order valence-corrected chi connectivity index (χ0v) is 13.5. The summed E-state index contributed by atoms with van der Waals surface area (Å²) in [5.74, 6) is 0.778. The van der Waals surface area contributed by atoms with Gasteiger partial charge in [0.1, 0.15) is 5.01 Å². The Morgan fingerprint density at radius 3 is 2.75 bits per heavy atom. The van der Waals surface area contributed by atoms with Gasteiger partial charge in [-0.15, -0.1) is 11.3 Å². The van der Waals surface area contributed by atoms with E-state index in [0.717, 1.165) is 23.9 Å². The van der Waals surface area contributed by atoms with Crippen LogP contribution >= 0.6 is 11.3 Å². The number of aliphatic hydroxyl groups excluding tert-OH is 2. The van der Waals surface area contributed by atoms with Gasteiger partial charge in [-0.25, -0.2) is 4.98 Å². The Bertz CT molecular complexity index is 443. The van der Waals surface area contributed by atoms with Gasteiger partial charge in [-0.05, 0) is 32.2 Å². The van der Waals surface area contributed by atoms with Crippen molar-refractivity contribution in [1.82, 2.24) is 9.88 Å². The van der Waals surface area contributed by atoms with Crippen LogP contribution in [0.15, 0.2) is 0 Å². The molecule has 4 nitrogen and oxygen atoms in total. The molecule has 2 N–H and O–H groups in total. The van der Waals surface area contributed by atoms with E-state index in [0.29, 0.717) is 6.54 Å². The summed E-state index contributed by atoms with van der Waals surface area (Å²) in [7, 11) is 2.02. The van der Waals surface area contributed by atoms with Crippen LogP contribution in [0.3, 0.4) is 0 Å². The third kappa shape index (κ3) is 3.79. The van der Waals surface area contributed by atoms with E-state index in [2.05, 4.69) is 11.8 Å². The Hall–Kier alpha value is -0.490. The van der Waals surface area contributed by atoms with Crippen LogP contribution in [0.5, 0.6) is 0 Å². The van der Waals surface area contributed by atoms with Crippen LogP contribution < -0.4 is 0 Å². The normalized spacial score (nSPS) is 19.4. The quantitative estimate of drug-likeness (QED) is 0.839. The summed E-state index contributed by atoms with van der Waals surface area (Å²) in [4.78, 5) is 8.36. The number of thiazole rings is 1. The average Bonchev–Trinajstić information content (AvgIpc) is 2.79. The summed E-state index contributed by atoms with van der Waals surface area (Å²) in [6, 6.07) is 0. The Morgan fingerprint density at radius 2 is 2.10 bits per heavy atom. The summed E-state index contributed by atoms with van der Waals surface area (Å²) in [5.41, 5.74) is 0.851. The number of aromatic nitrogens is 1. The lowest BCUT2D eigenvalue weighted by atomic mass is 9.92. The van der Waals surface area contributed by atoms with Gasteiger partial charge in [-0.3, -0.25) is 4.90 Å². The van der Waals surface area contributed by atoms with E-state index in [-0.39, 0.29) is 13.2 Å². The third-order valence-electron chi connectivity index (χ3n) is 4.05. The van der Waals surface area contributed by atoms with Crippen LogP contribution in [-0.4, -0.2) is 46.9 Å². The second-order valence-electron chi connectivity index (χ2n) is 6.62. The number of hydrogen-bond acceptors (Lipinski definition) is 5. The highest BCUT2D eigenvalue weighted by Crippen LogP contribution is 2.30. The lowest BCUT2D eigenvalue weighted by Crippen LogP contribution is -2.38. The molecule has 1 aliphatic carbocycles. The minimum absolute atomic E-state index is 0.000274. The molecule has 1 heterocycles. The Kier molecular flexibility index (Phi) is 5.18. The Labute approximate surface area is 125 Å². The molecule has 1 atom stereocenters. The predicted molar refractivity (Wildman–Crippen MR) is 81.9 cm³/mol. The van der Waals surface area contributed by atoms with Crippen molar-refractivity contribution in [1.29, 1.82) is 0 Å². The second kappa shape index (κ2) is 6.52. The largest absolute Gasteiger partial charge is 0.396 e. The van der Waals surface area contributed by atoms with Gasteiger partial charge in [0.05, 0.1) is 25.5 Å². The van der Waals surface area contributed by atoms with E-state index in [1.54, 1.807) is 0 Å². The summed E-state index contributed by atoms with van der Waals surface area (Å²) in [5, 5.41) is 19.9. The molecule has 0 radical (unpaired) electrons. The molecule has 2 rings (SSSR count). The first-order valence-corrected chi connectivity index (χ1v) is 8.15. The maximum absolute atomic E-state index is 9.36. The van der Waals surface area contributed by atoms with Crippen LogP contribution in [-0.2, 0) is 19.4 Å². The van der Waals surface area contributed by atoms with E-state index in [1.165, 1.54) is 23.4 Å². The van der Waals surface area contributed by atoms with Crippen molar-refractivity contribution in [2.75, 3.05) is 26.8 Å². The van der Waals surface area contributed by atoms with Crippen LogP contribution in [0.4, 0.5) is 0 Å². The summed E-state index contributed by atoms with van der Waals surface area (Å²) >= 11 is 1.83.